The number of hydrogen-bond donors (Lipinski definition) is 2. The second kappa shape index (κ2) is 7.80. The molecule has 1 aliphatic heterocycles. The minimum absolute atomic E-state index is 0.159. The summed E-state index contributed by atoms with van der Waals surface area (Å²) in [6.07, 6.45) is 0.929. The number of benzene rings is 1. The Morgan fingerprint density at radius 3 is 2.77 bits per heavy atom. The predicted octanol–water partition coefficient (Wildman–Crippen LogP) is 0.729. The van der Waals surface area contributed by atoms with Gasteiger partial charge in [0.05, 0.1) is 24.7 Å². The molecule has 0 bridgehead atoms. The van der Waals surface area contributed by atoms with Crippen molar-refractivity contribution in [1.29, 1.82) is 0 Å². The maximum absolute atomic E-state index is 13.5. The number of hydrogen-bond acceptors (Lipinski definition) is 7. The first-order valence-corrected chi connectivity index (χ1v) is 11.0. The van der Waals surface area contributed by atoms with Crippen molar-refractivity contribution in [2.75, 3.05) is 19.5 Å². The van der Waals surface area contributed by atoms with Crippen LogP contribution < -0.4 is 10.9 Å². The van der Waals surface area contributed by atoms with E-state index in [1.807, 2.05) is 0 Å². The van der Waals surface area contributed by atoms with Crippen molar-refractivity contribution in [2.45, 2.75) is 37.2 Å². The van der Waals surface area contributed by atoms with Gasteiger partial charge in [-0.15, -0.1) is 0 Å². The van der Waals surface area contributed by atoms with E-state index in [0.29, 0.717) is 5.82 Å². The number of rotatable bonds is 4. The third-order valence-electron chi connectivity index (χ3n) is 4.76. The summed E-state index contributed by atoms with van der Waals surface area (Å²) < 4.78 is 44.0. The van der Waals surface area contributed by atoms with E-state index in [0.717, 1.165) is 18.4 Å². The van der Waals surface area contributed by atoms with Crippen molar-refractivity contribution in [3.05, 3.63) is 51.5 Å². The zero-order valence-corrected chi connectivity index (χ0v) is 17.5. The van der Waals surface area contributed by atoms with Crippen molar-refractivity contribution in [3.8, 4) is 5.75 Å². The average molecular weight is 439 g/mol. The summed E-state index contributed by atoms with van der Waals surface area (Å²) in [6, 6.07) is 3.18. The Morgan fingerprint density at radius 1 is 1.40 bits per heavy atom. The molecule has 0 aliphatic carbocycles. The molecule has 1 aliphatic rings. The van der Waals surface area contributed by atoms with Crippen molar-refractivity contribution >= 4 is 15.7 Å². The molecule has 0 saturated carbocycles. The van der Waals surface area contributed by atoms with E-state index in [-0.39, 0.29) is 36.8 Å². The highest BCUT2D eigenvalue weighted by molar-refractivity contribution is 7.90. The Morgan fingerprint density at radius 2 is 2.10 bits per heavy atom. The molecule has 2 N–H and O–H groups in total. The smallest absolute Gasteiger partial charge is 0.296 e. The first-order chi connectivity index (χ1) is 13.9. The molecule has 11 heteroatoms. The summed E-state index contributed by atoms with van der Waals surface area (Å²) in [5.74, 6) is -2.10. The number of sulfone groups is 1. The van der Waals surface area contributed by atoms with Crippen LogP contribution in [0.4, 0.5) is 4.39 Å². The topological polar surface area (TPSA) is 128 Å². The third kappa shape index (κ3) is 4.21. The van der Waals surface area contributed by atoms with Gasteiger partial charge in [0.15, 0.2) is 15.5 Å². The van der Waals surface area contributed by atoms with Crippen LogP contribution in [0.25, 0.3) is 0 Å². The number of nitrogens with zero attached hydrogens (tertiary/aromatic N) is 2. The lowest BCUT2D eigenvalue weighted by Crippen LogP contribution is -2.36. The number of aromatic hydroxyl groups is 1. The third-order valence-corrected chi connectivity index (χ3v) is 5.94. The quantitative estimate of drug-likeness (QED) is 0.719. The number of amides is 1. The van der Waals surface area contributed by atoms with Gasteiger partial charge >= 0.3 is 0 Å². The van der Waals surface area contributed by atoms with Crippen LogP contribution in [0.3, 0.4) is 0 Å². The van der Waals surface area contributed by atoms with Gasteiger partial charge < -0.3 is 15.2 Å². The fraction of sp³-hybridized carbons (Fsp3) is 0.421. The Bertz CT molecular complexity index is 1170. The molecule has 0 fully saturated rings. The Labute approximate surface area is 172 Å². The van der Waals surface area contributed by atoms with Crippen LogP contribution in [-0.4, -0.2) is 48.5 Å². The molecule has 30 heavy (non-hydrogen) atoms. The maximum atomic E-state index is 13.5. The molecular weight excluding hydrogens is 417 g/mol. The summed E-state index contributed by atoms with van der Waals surface area (Å²) in [4.78, 5) is 29.2. The maximum Gasteiger partial charge on any atom is 0.296 e. The molecule has 0 spiro atoms. The number of aromatic nitrogens is 2. The number of nitrogens with one attached hydrogen (secondary N) is 1. The van der Waals surface area contributed by atoms with Crippen LogP contribution in [-0.2, 0) is 33.1 Å². The monoisotopic (exact) mass is 439 g/mol. The van der Waals surface area contributed by atoms with Gasteiger partial charge in [-0.1, -0.05) is 19.9 Å². The van der Waals surface area contributed by atoms with Gasteiger partial charge in [0.25, 0.3) is 11.5 Å². The van der Waals surface area contributed by atoms with Gasteiger partial charge in [-0.25, -0.2) is 17.8 Å². The van der Waals surface area contributed by atoms with Crippen molar-refractivity contribution in [2.24, 2.45) is 0 Å². The van der Waals surface area contributed by atoms with Gasteiger partial charge in [-0.3, -0.25) is 14.2 Å². The zero-order chi connectivity index (χ0) is 22.3. The molecule has 1 aromatic heterocycles. The Hall–Kier alpha value is -2.79. The molecule has 3 rings (SSSR count). The lowest BCUT2D eigenvalue weighted by Gasteiger charge is -2.24. The molecule has 162 valence electrons. The first-order valence-electron chi connectivity index (χ1n) is 9.10. The van der Waals surface area contributed by atoms with E-state index in [4.69, 9.17) is 4.74 Å². The number of halogens is 1. The Kier molecular flexibility index (Phi) is 5.70. The predicted molar refractivity (Wildman–Crippen MR) is 105 cm³/mol. The van der Waals surface area contributed by atoms with Crippen LogP contribution in [0.15, 0.2) is 27.9 Å². The van der Waals surface area contributed by atoms with E-state index in [2.05, 4.69) is 10.3 Å². The summed E-state index contributed by atoms with van der Waals surface area (Å²) in [6.45, 7) is 4.06. The molecule has 1 amide bonds. The summed E-state index contributed by atoms with van der Waals surface area (Å²) in [5.41, 5.74) is -1.75. The molecule has 0 unspecified atom stereocenters. The van der Waals surface area contributed by atoms with Crippen LogP contribution in [0.5, 0.6) is 5.75 Å². The largest absolute Gasteiger partial charge is 0.501 e. The number of carbonyl (C=O) groups excluding carboxylic acids is 1. The van der Waals surface area contributed by atoms with Gasteiger partial charge in [0.2, 0.25) is 5.75 Å². The number of carbonyl (C=O) groups is 1. The highest BCUT2D eigenvalue weighted by Gasteiger charge is 2.32. The van der Waals surface area contributed by atoms with Crippen LogP contribution in [0, 0.1) is 5.82 Å². The normalized spacial score (nSPS) is 15.9. The lowest BCUT2D eigenvalue weighted by molar-refractivity contribution is 0.0939. The van der Waals surface area contributed by atoms with Gasteiger partial charge in [0.1, 0.15) is 11.6 Å². The molecule has 9 nitrogen and oxygen atoms in total. The second-order valence-corrected chi connectivity index (χ2v) is 9.72. The molecule has 0 radical (unpaired) electrons. The van der Waals surface area contributed by atoms with Crippen molar-refractivity contribution < 1.29 is 27.4 Å². The van der Waals surface area contributed by atoms with E-state index < -0.39 is 44.0 Å². The van der Waals surface area contributed by atoms with Crippen LogP contribution in [0.2, 0.25) is 0 Å². The standard InChI is InChI=1S/C19H22FN3O6S/c1-19(2)10-29-7-6-23-17(26)15(24)14(22-18(19)23)16(25)21-9-11-4-5-12(20)8-13(11)30(3,27)28/h4-5,8,24H,6-7,9-10H2,1-3H3,(H,21,25). The molecule has 0 atom stereocenters. The van der Waals surface area contributed by atoms with Gasteiger partial charge in [-0.05, 0) is 17.7 Å². The average Bonchev–Trinajstić information content (AvgIpc) is 2.80. The fourth-order valence-corrected chi connectivity index (χ4v) is 4.20. The zero-order valence-electron chi connectivity index (χ0n) is 16.7. The van der Waals surface area contributed by atoms with Gasteiger partial charge in [0, 0.05) is 18.2 Å². The van der Waals surface area contributed by atoms with E-state index in [1.165, 1.54) is 10.6 Å². The minimum atomic E-state index is -3.74. The van der Waals surface area contributed by atoms with E-state index >= 15 is 0 Å². The van der Waals surface area contributed by atoms with Crippen molar-refractivity contribution in [1.82, 2.24) is 14.9 Å². The summed E-state index contributed by atoms with van der Waals surface area (Å²) in [5, 5.41) is 12.7. The number of ether oxygens (including phenoxy) is 1. The van der Waals surface area contributed by atoms with E-state index in [1.54, 1.807) is 13.8 Å². The van der Waals surface area contributed by atoms with Crippen LogP contribution >= 0.6 is 0 Å². The molecule has 1 aromatic carbocycles. The highest BCUT2D eigenvalue weighted by Crippen LogP contribution is 2.25. The molecular formula is C19H22FN3O6S. The first kappa shape index (κ1) is 21.9. The number of fused-ring (bicyclic) bond motifs is 1. The van der Waals surface area contributed by atoms with Crippen LogP contribution in [0.1, 0.15) is 35.7 Å². The molecule has 0 saturated heterocycles. The summed E-state index contributed by atoms with van der Waals surface area (Å²) in [7, 11) is -3.74. The van der Waals surface area contributed by atoms with E-state index in [9.17, 15) is 27.5 Å². The summed E-state index contributed by atoms with van der Waals surface area (Å²) >= 11 is 0. The molecule has 2 aromatic rings. The second-order valence-electron chi connectivity index (χ2n) is 7.73. The van der Waals surface area contributed by atoms with Gasteiger partial charge in [-0.2, -0.15) is 0 Å². The SMILES string of the molecule is CC1(C)COCCn2c1nc(C(=O)NCc1ccc(F)cc1S(C)(=O)=O)c(O)c2=O. The fourth-order valence-electron chi connectivity index (χ4n) is 3.25. The molecule has 2 heterocycles. The lowest BCUT2D eigenvalue weighted by atomic mass is 9.93. The highest BCUT2D eigenvalue weighted by atomic mass is 32.2. The minimum Gasteiger partial charge on any atom is -0.501 e. The van der Waals surface area contributed by atoms with Crippen molar-refractivity contribution in [3.63, 3.8) is 0 Å². The Balaban J connectivity index is 1.95.